The predicted molar refractivity (Wildman–Crippen MR) is 141 cm³/mol. The van der Waals surface area contributed by atoms with E-state index in [9.17, 15) is 9.59 Å². The van der Waals surface area contributed by atoms with E-state index in [4.69, 9.17) is 9.47 Å². The van der Waals surface area contributed by atoms with Gasteiger partial charge in [-0.3, -0.25) is 4.79 Å². The molecule has 0 radical (unpaired) electrons. The first-order valence-corrected chi connectivity index (χ1v) is 13.6. The van der Waals surface area contributed by atoms with E-state index in [-0.39, 0.29) is 17.9 Å². The summed E-state index contributed by atoms with van der Waals surface area (Å²) in [4.78, 5) is 31.7. The molecule has 4 rings (SSSR count). The monoisotopic (exact) mass is 512 g/mol. The number of nitrogens with zero attached hydrogens (tertiary/aromatic N) is 2. The van der Waals surface area contributed by atoms with E-state index in [1.807, 2.05) is 28.5 Å². The van der Waals surface area contributed by atoms with E-state index >= 15 is 0 Å². The van der Waals surface area contributed by atoms with Crippen molar-refractivity contribution in [3.05, 3.63) is 51.5 Å². The van der Waals surface area contributed by atoms with Gasteiger partial charge in [0.1, 0.15) is 5.69 Å². The molecule has 2 aromatic rings. The second-order valence-corrected chi connectivity index (χ2v) is 10.2. The van der Waals surface area contributed by atoms with Gasteiger partial charge >= 0.3 is 6.03 Å². The van der Waals surface area contributed by atoms with Crippen molar-refractivity contribution < 1.29 is 19.1 Å². The first-order valence-electron chi connectivity index (χ1n) is 12.7. The van der Waals surface area contributed by atoms with Crippen LogP contribution in [-0.2, 0) is 6.54 Å². The average Bonchev–Trinajstić information content (AvgIpc) is 3.43. The van der Waals surface area contributed by atoms with Crippen LogP contribution in [0.2, 0.25) is 0 Å². The summed E-state index contributed by atoms with van der Waals surface area (Å²) in [7, 11) is 3.18. The highest BCUT2D eigenvalue weighted by atomic mass is 32.1. The number of carbonyl (C=O) groups excluding carboxylic acids is 2. The molecule has 1 aromatic carbocycles. The standard InChI is InChI=1S/C27H36N4O4S/c1-34-23-9-8-20(16-24(23)35-2)17-29-25(32)22-18-36-26(30-22)21-11-14-31(15-12-21)27(33)28-13-10-19-6-4-3-5-7-19/h6,8-9,16,18,21H,3-5,7,10-15,17H2,1-2H3,(H,28,33)(H,29,32). The quantitative estimate of drug-likeness (QED) is 0.468. The van der Waals surface area contributed by atoms with Crippen LogP contribution in [0, 0.1) is 0 Å². The Kier molecular flexibility index (Phi) is 9.22. The number of hydrogen-bond acceptors (Lipinski definition) is 6. The Bertz CT molecular complexity index is 1080. The molecular weight excluding hydrogens is 476 g/mol. The van der Waals surface area contributed by atoms with Gasteiger partial charge in [-0.1, -0.05) is 17.7 Å². The summed E-state index contributed by atoms with van der Waals surface area (Å²) in [5.41, 5.74) is 2.83. The van der Waals surface area contributed by atoms with Gasteiger partial charge in [0.15, 0.2) is 11.5 Å². The van der Waals surface area contributed by atoms with Crippen molar-refractivity contribution in [1.82, 2.24) is 20.5 Å². The first kappa shape index (κ1) is 26.0. The number of aromatic nitrogens is 1. The zero-order valence-corrected chi connectivity index (χ0v) is 22.0. The third-order valence-electron chi connectivity index (χ3n) is 6.89. The summed E-state index contributed by atoms with van der Waals surface area (Å²) in [6.07, 6.45) is 9.91. The molecule has 0 spiro atoms. The van der Waals surface area contributed by atoms with Crippen LogP contribution in [0.4, 0.5) is 4.79 Å². The summed E-state index contributed by atoms with van der Waals surface area (Å²) < 4.78 is 10.6. The van der Waals surface area contributed by atoms with Crippen LogP contribution in [0.15, 0.2) is 35.2 Å². The van der Waals surface area contributed by atoms with E-state index in [2.05, 4.69) is 21.7 Å². The Morgan fingerprint density at radius 3 is 2.64 bits per heavy atom. The number of amides is 3. The van der Waals surface area contributed by atoms with E-state index in [0.717, 1.165) is 29.8 Å². The number of thiazole rings is 1. The molecule has 1 aliphatic heterocycles. The molecule has 1 saturated heterocycles. The highest BCUT2D eigenvalue weighted by molar-refractivity contribution is 7.09. The lowest BCUT2D eigenvalue weighted by molar-refractivity contribution is 0.0946. The average molecular weight is 513 g/mol. The smallest absolute Gasteiger partial charge is 0.317 e. The summed E-state index contributed by atoms with van der Waals surface area (Å²) in [5, 5.41) is 8.79. The lowest BCUT2D eigenvalue weighted by Gasteiger charge is -2.31. The van der Waals surface area contributed by atoms with Gasteiger partial charge in [0, 0.05) is 37.5 Å². The first-order chi connectivity index (χ1) is 17.6. The van der Waals surface area contributed by atoms with Crippen molar-refractivity contribution >= 4 is 23.3 Å². The maximum absolute atomic E-state index is 12.7. The summed E-state index contributed by atoms with van der Waals surface area (Å²) in [6, 6.07) is 5.59. The molecule has 1 fully saturated rings. The molecule has 36 heavy (non-hydrogen) atoms. The topological polar surface area (TPSA) is 92.8 Å². The van der Waals surface area contributed by atoms with Crippen molar-refractivity contribution in [2.24, 2.45) is 0 Å². The van der Waals surface area contributed by atoms with Crippen molar-refractivity contribution in [2.45, 2.75) is 57.4 Å². The zero-order chi connectivity index (χ0) is 25.3. The molecular formula is C27H36N4O4S. The predicted octanol–water partition coefficient (Wildman–Crippen LogP) is 4.87. The largest absolute Gasteiger partial charge is 0.493 e. The molecule has 9 heteroatoms. The van der Waals surface area contributed by atoms with E-state index < -0.39 is 0 Å². The highest BCUT2D eigenvalue weighted by Gasteiger charge is 2.26. The fraction of sp³-hybridized carbons (Fsp3) is 0.519. The zero-order valence-electron chi connectivity index (χ0n) is 21.2. The lowest BCUT2D eigenvalue weighted by Crippen LogP contribution is -2.44. The van der Waals surface area contributed by atoms with Crippen LogP contribution in [0.3, 0.4) is 0 Å². The van der Waals surface area contributed by atoms with Gasteiger partial charge < -0.3 is 25.0 Å². The Balaban J connectivity index is 1.21. The fourth-order valence-electron chi connectivity index (χ4n) is 4.75. The third-order valence-corrected chi connectivity index (χ3v) is 7.90. The number of methoxy groups -OCH3 is 2. The van der Waals surface area contributed by atoms with Gasteiger partial charge in [-0.15, -0.1) is 11.3 Å². The van der Waals surface area contributed by atoms with Crippen LogP contribution in [0.25, 0.3) is 0 Å². The number of nitrogens with one attached hydrogen (secondary N) is 2. The van der Waals surface area contributed by atoms with Gasteiger partial charge in [0.2, 0.25) is 0 Å². The number of carbonyl (C=O) groups is 2. The second-order valence-electron chi connectivity index (χ2n) is 9.29. The van der Waals surface area contributed by atoms with Gasteiger partial charge in [0.25, 0.3) is 5.91 Å². The molecule has 2 N–H and O–H groups in total. The Morgan fingerprint density at radius 2 is 1.92 bits per heavy atom. The van der Waals surface area contributed by atoms with Gasteiger partial charge in [-0.05, 0) is 62.6 Å². The maximum Gasteiger partial charge on any atom is 0.317 e. The number of likely N-dealkylation sites (tertiary alicyclic amines) is 1. The molecule has 0 saturated carbocycles. The van der Waals surface area contributed by atoms with Gasteiger partial charge in [0.05, 0.1) is 19.2 Å². The minimum atomic E-state index is -0.197. The molecule has 1 aliphatic carbocycles. The molecule has 0 atom stereocenters. The fourth-order valence-corrected chi connectivity index (χ4v) is 5.72. The van der Waals surface area contributed by atoms with Crippen LogP contribution in [0.1, 0.15) is 71.9 Å². The minimum absolute atomic E-state index is 0.0271. The number of piperidine rings is 1. The number of ether oxygens (including phenoxy) is 2. The minimum Gasteiger partial charge on any atom is -0.493 e. The molecule has 0 bridgehead atoms. The SMILES string of the molecule is COc1ccc(CNC(=O)c2csc(C3CCN(C(=O)NCCC4=CCCCC4)CC3)n2)cc1OC. The van der Waals surface area contributed by atoms with Crippen molar-refractivity contribution in [2.75, 3.05) is 33.9 Å². The summed E-state index contributed by atoms with van der Waals surface area (Å²) in [5.74, 6) is 1.36. The molecule has 1 aromatic heterocycles. The van der Waals surface area contributed by atoms with E-state index in [1.54, 1.807) is 14.2 Å². The van der Waals surface area contributed by atoms with Crippen molar-refractivity contribution in [1.29, 1.82) is 0 Å². The number of rotatable bonds is 9. The van der Waals surface area contributed by atoms with E-state index in [1.165, 1.54) is 42.6 Å². The van der Waals surface area contributed by atoms with Crippen molar-refractivity contribution in [3.8, 4) is 11.5 Å². The Labute approximate surface area is 217 Å². The van der Waals surface area contributed by atoms with Crippen LogP contribution in [-0.4, -0.2) is 55.7 Å². The molecule has 2 heterocycles. The van der Waals surface area contributed by atoms with Gasteiger partial charge in [-0.2, -0.15) is 0 Å². The number of hydrogen-bond donors (Lipinski definition) is 2. The summed E-state index contributed by atoms with van der Waals surface area (Å²) in [6.45, 7) is 2.49. The molecule has 194 valence electrons. The highest BCUT2D eigenvalue weighted by Crippen LogP contribution is 2.31. The third kappa shape index (κ3) is 6.78. The van der Waals surface area contributed by atoms with Gasteiger partial charge in [-0.25, -0.2) is 9.78 Å². The molecule has 2 aliphatic rings. The molecule has 8 nitrogen and oxygen atoms in total. The van der Waals surface area contributed by atoms with E-state index in [0.29, 0.717) is 43.4 Å². The van der Waals surface area contributed by atoms with Crippen molar-refractivity contribution in [3.63, 3.8) is 0 Å². The maximum atomic E-state index is 12.7. The van der Waals surface area contributed by atoms with Crippen LogP contribution in [0.5, 0.6) is 11.5 Å². The number of urea groups is 1. The molecule has 3 amide bonds. The Hall–Kier alpha value is -3.07. The number of benzene rings is 1. The van der Waals surface area contributed by atoms with Crippen LogP contribution >= 0.6 is 11.3 Å². The lowest BCUT2D eigenvalue weighted by atomic mass is 9.97. The second kappa shape index (κ2) is 12.8. The number of allylic oxidation sites excluding steroid dienone is 1. The Morgan fingerprint density at radius 1 is 1.11 bits per heavy atom. The normalized spacial score (nSPS) is 16.3. The molecule has 0 unspecified atom stereocenters. The van der Waals surface area contributed by atoms with Crippen LogP contribution < -0.4 is 20.1 Å². The summed E-state index contributed by atoms with van der Waals surface area (Å²) >= 11 is 1.52.